The first kappa shape index (κ1) is 24.7. The van der Waals surface area contributed by atoms with Crippen molar-refractivity contribution in [3.05, 3.63) is 70.1 Å². The van der Waals surface area contributed by atoms with Gasteiger partial charge >= 0.3 is 12.1 Å². The van der Waals surface area contributed by atoms with E-state index in [1.165, 1.54) is 12.1 Å². The molecule has 2 aromatic carbocycles. The number of alkyl halides is 3. The first-order chi connectivity index (χ1) is 15.8. The fourth-order valence-electron chi connectivity index (χ4n) is 4.06. The molecule has 1 unspecified atom stereocenters. The van der Waals surface area contributed by atoms with E-state index in [1.54, 1.807) is 6.07 Å². The van der Waals surface area contributed by atoms with Gasteiger partial charge in [0, 0.05) is 38.3 Å². The Hall–Kier alpha value is -2.94. The Kier molecular flexibility index (Phi) is 8.43. The number of nitrogens with zero attached hydrogens (tertiary/aromatic N) is 3. The normalized spacial score (nSPS) is 15.9. The minimum atomic E-state index is -4.33. The lowest BCUT2D eigenvalue weighted by atomic mass is 10.00. The van der Waals surface area contributed by atoms with Crippen LogP contribution in [0.5, 0.6) is 0 Å². The Balaban J connectivity index is 1.42. The van der Waals surface area contributed by atoms with E-state index in [2.05, 4.69) is 10.1 Å². The van der Waals surface area contributed by atoms with Crippen molar-refractivity contribution < 1.29 is 23.1 Å². The number of carboxylic acids is 1. The molecular weight excluding hydrogens is 435 g/mol. The second kappa shape index (κ2) is 11.3. The maximum atomic E-state index is 13.0. The maximum Gasteiger partial charge on any atom is 0.416 e. The Labute approximate surface area is 191 Å². The lowest BCUT2D eigenvalue weighted by molar-refractivity contribution is -0.138. The van der Waals surface area contributed by atoms with Crippen molar-refractivity contribution in [3.63, 3.8) is 0 Å². The highest BCUT2D eigenvalue weighted by Crippen LogP contribution is 2.32. The van der Waals surface area contributed by atoms with E-state index in [-0.39, 0.29) is 12.8 Å². The number of halogens is 3. The summed E-state index contributed by atoms with van der Waals surface area (Å²) in [7, 11) is 0. The van der Waals surface area contributed by atoms with Crippen LogP contribution in [0.1, 0.15) is 42.0 Å². The zero-order chi connectivity index (χ0) is 23.8. The van der Waals surface area contributed by atoms with Gasteiger partial charge in [0.25, 0.3) is 0 Å². The molecule has 1 heterocycles. The van der Waals surface area contributed by atoms with Crippen LogP contribution in [0.15, 0.2) is 53.7 Å². The lowest BCUT2D eigenvalue weighted by Crippen LogP contribution is -2.46. The summed E-state index contributed by atoms with van der Waals surface area (Å²) in [6.07, 6.45) is -2.44. The molecule has 0 aliphatic carbocycles. The van der Waals surface area contributed by atoms with E-state index in [0.29, 0.717) is 18.8 Å². The number of aryl methyl sites for hydroxylation is 1. The third-order valence-electron chi connectivity index (χ3n) is 5.97. The van der Waals surface area contributed by atoms with Gasteiger partial charge in [0.05, 0.1) is 5.56 Å². The molecule has 33 heavy (non-hydrogen) atoms. The summed E-state index contributed by atoms with van der Waals surface area (Å²) >= 11 is 0. The van der Waals surface area contributed by atoms with Crippen LogP contribution in [0.4, 0.5) is 18.9 Å². The molecule has 1 aliphatic rings. The fraction of sp³-hybridized carbons (Fsp3) is 0.458. The number of piperazine rings is 1. The van der Waals surface area contributed by atoms with Gasteiger partial charge in [-0.05, 0) is 55.1 Å². The van der Waals surface area contributed by atoms with E-state index >= 15 is 0 Å². The van der Waals surface area contributed by atoms with Crippen LogP contribution in [0, 0.1) is 4.91 Å². The summed E-state index contributed by atoms with van der Waals surface area (Å²) < 4.78 is 38.9. The number of carbonyl (C=O) groups is 1. The van der Waals surface area contributed by atoms with Gasteiger partial charge in [-0.2, -0.15) is 18.1 Å². The van der Waals surface area contributed by atoms with Gasteiger partial charge in [-0.15, -0.1) is 0 Å². The van der Waals surface area contributed by atoms with Gasteiger partial charge in [0.2, 0.25) is 0 Å². The first-order valence-corrected chi connectivity index (χ1v) is 11.0. The molecule has 1 N–H and O–H groups in total. The van der Waals surface area contributed by atoms with Crippen molar-refractivity contribution in [3.8, 4) is 0 Å². The Bertz CT molecular complexity index is 927. The van der Waals surface area contributed by atoms with Gasteiger partial charge in [-0.25, -0.2) is 0 Å². The average Bonchev–Trinajstić information content (AvgIpc) is 2.80. The van der Waals surface area contributed by atoms with E-state index in [0.717, 1.165) is 49.7 Å². The van der Waals surface area contributed by atoms with Crippen LogP contribution in [0.2, 0.25) is 0 Å². The third kappa shape index (κ3) is 7.28. The molecule has 0 aromatic heterocycles. The van der Waals surface area contributed by atoms with Crippen molar-refractivity contribution in [1.82, 2.24) is 4.90 Å². The van der Waals surface area contributed by atoms with E-state index in [4.69, 9.17) is 5.11 Å². The summed E-state index contributed by atoms with van der Waals surface area (Å²) in [5, 5.41) is 11.8. The Morgan fingerprint density at radius 2 is 1.76 bits per heavy atom. The molecule has 1 saturated heterocycles. The lowest BCUT2D eigenvalue weighted by Gasteiger charge is -2.36. The van der Waals surface area contributed by atoms with E-state index < -0.39 is 23.8 Å². The molecule has 0 bridgehead atoms. The van der Waals surface area contributed by atoms with Crippen molar-refractivity contribution in [2.24, 2.45) is 5.18 Å². The molecule has 6 nitrogen and oxygen atoms in total. The zero-order valence-electron chi connectivity index (χ0n) is 18.3. The molecule has 1 atom stereocenters. The standard InChI is InChI=1S/C24H28F3N3O3/c25-24(26,27)20-4-1-5-21(17-20)30-15-13-29(14-16-30)12-2-3-18-6-8-19(9-7-18)22(28-33)10-11-23(31)32/h1,4-9,17,22H,2-3,10-16H2,(H,31,32). The van der Waals surface area contributed by atoms with Crippen LogP contribution < -0.4 is 4.90 Å². The minimum Gasteiger partial charge on any atom is -0.481 e. The number of rotatable bonds is 10. The molecule has 178 valence electrons. The maximum absolute atomic E-state index is 13.0. The zero-order valence-corrected chi connectivity index (χ0v) is 18.3. The second-order valence-corrected chi connectivity index (χ2v) is 8.28. The summed E-state index contributed by atoms with van der Waals surface area (Å²) in [5.41, 5.74) is 1.84. The van der Waals surface area contributed by atoms with Crippen LogP contribution in [-0.2, 0) is 17.4 Å². The fourth-order valence-corrected chi connectivity index (χ4v) is 4.06. The molecule has 3 rings (SSSR count). The van der Waals surface area contributed by atoms with Crippen molar-refractivity contribution in [1.29, 1.82) is 0 Å². The predicted molar refractivity (Wildman–Crippen MR) is 120 cm³/mol. The second-order valence-electron chi connectivity index (χ2n) is 8.28. The molecule has 1 fully saturated rings. The number of carboxylic acid groups (broad SMARTS) is 1. The quantitative estimate of drug-likeness (QED) is 0.495. The molecule has 9 heteroatoms. The van der Waals surface area contributed by atoms with Gasteiger partial charge in [-0.1, -0.05) is 35.5 Å². The van der Waals surface area contributed by atoms with Crippen LogP contribution in [0.25, 0.3) is 0 Å². The number of hydrogen-bond acceptors (Lipinski definition) is 5. The van der Waals surface area contributed by atoms with Crippen molar-refractivity contribution in [2.45, 2.75) is 37.9 Å². The molecule has 1 aliphatic heterocycles. The number of aliphatic carboxylic acids is 1. The number of nitroso groups, excluding NO2 is 1. The SMILES string of the molecule is O=NC(CCC(=O)O)c1ccc(CCCN2CCN(c3cccc(C(F)(F)F)c3)CC2)cc1. The molecule has 0 saturated carbocycles. The summed E-state index contributed by atoms with van der Waals surface area (Å²) in [5.74, 6) is -0.948. The van der Waals surface area contributed by atoms with E-state index in [1.807, 2.05) is 29.2 Å². The number of benzene rings is 2. The largest absolute Gasteiger partial charge is 0.481 e. The highest BCUT2D eigenvalue weighted by atomic mass is 19.4. The smallest absolute Gasteiger partial charge is 0.416 e. The Morgan fingerprint density at radius 3 is 2.36 bits per heavy atom. The molecule has 0 spiro atoms. The number of hydrogen-bond donors (Lipinski definition) is 1. The molecule has 0 amide bonds. The highest BCUT2D eigenvalue weighted by Gasteiger charge is 2.31. The summed E-state index contributed by atoms with van der Waals surface area (Å²) in [6, 6.07) is 12.4. The van der Waals surface area contributed by atoms with Gasteiger partial charge < -0.3 is 10.0 Å². The Morgan fingerprint density at radius 1 is 1.06 bits per heavy atom. The van der Waals surface area contributed by atoms with Gasteiger partial charge in [0.1, 0.15) is 6.04 Å². The topological polar surface area (TPSA) is 73.2 Å². The summed E-state index contributed by atoms with van der Waals surface area (Å²) in [4.78, 5) is 26.0. The average molecular weight is 464 g/mol. The first-order valence-electron chi connectivity index (χ1n) is 11.0. The molecular formula is C24H28F3N3O3. The van der Waals surface area contributed by atoms with Crippen LogP contribution in [-0.4, -0.2) is 48.7 Å². The van der Waals surface area contributed by atoms with Gasteiger partial charge in [-0.3, -0.25) is 9.69 Å². The number of anilines is 1. The van der Waals surface area contributed by atoms with Gasteiger partial charge in [0.15, 0.2) is 0 Å². The van der Waals surface area contributed by atoms with E-state index in [9.17, 15) is 22.9 Å². The predicted octanol–water partition coefficient (Wildman–Crippen LogP) is 5.13. The van der Waals surface area contributed by atoms with Crippen molar-refractivity contribution in [2.75, 3.05) is 37.6 Å². The third-order valence-corrected chi connectivity index (χ3v) is 5.97. The van der Waals surface area contributed by atoms with Crippen molar-refractivity contribution >= 4 is 11.7 Å². The van der Waals surface area contributed by atoms with Crippen LogP contribution in [0.3, 0.4) is 0 Å². The summed E-state index contributed by atoms with van der Waals surface area (Å²) in [6.45, 7) is 3.87. The minimum absolute atomic E-state index is 0.0980. The monoisotopic (exact) mass is 463 g/mol. The van der Waals surface area contributed by atoms with Crippen LogP contribution >= 0.6 is 0 Å². The highest BCUT2D eigenvalue weighted by molar-refractivity contribution is 5.66. The molecule has 0 radical (unpaired) electrons. The molecule has 2 aromatic rings.